The molecular formula is C9H11ClN2O3S. The number of carbonyl (C=O) groups excluding carboxylic acids is 1. The summed E-state index contributed by atoms with van der Waals surface area (Å²) in [4.78, 5) is 10.6. The zero-order chi connectivity index (χ0) is 12.3. The largest absolute Gasteiger partial charge is 0.369 e. The predicted molar refractivity (Wildman–Crippen MR) is 60.6 cm³/mol. The van der Waals surface area contributed by atoms with Crippen LogP contribution in [0.1, 0.15) is 5.56 Å². The Morgan fingerprint density at radius 3 is 2.62 bits per heavy atom. The molecule has 1 aromatic rings. The second-order valence-electron chi connectivity index (χ2n) is 3.20. The van der Waals surface area contributed by atoms with Crippen LogP contribution in [0.5, 0.6) is 0 Å². The van der Waals surface area contributed by atoms with Gasteiger partial charge in [-0.15, -0.1) is 0 Å². The number of benzene rings is 1. The Kier molecular flexibility index (Phi) is 3.90. The van der Waals surface area contributed by atoms with Crippen molar-refractivity contribution in [1.29, 1.82) is 0 Å². The highest BCUT2D eigenvalue weighted by Crippen LogP contribution is 2.19. The van der Waals surface area contributed by atoms with E-state index in [0.29, 0.717) is 10.6 Å². The van der Waals surface area contributed by atoms with Crippen LogP contribution in [0, 0.1) is 6.92 Å². The van der Waals surface area contributed by atoms with Gasteiger partial charge in [0.15, 0.2) is 0 Å². The molecule has 5 nitrogen and oxygen atoms in total. The van der Waals surface area contributed by atoms with Gasteiger partial charge in [0.05, 0.1) is 11.4 Å². The van der Waals surface area contributed by atoms with E-state index in [2.05, 4.69) is 4.72 Å². The van der Waals surface area contributed by atoms with Gasteiger partial charge in [0.25, 0.3) is 0 Å². The summed E-state index contributed by atoms with van der Waals surface area (Å²) in [5, 5.41) is 0.450. The Bertz CT molecular complexity index is 513. The zero-order valence-electron chi connectivity index (χ0n) is 8.53. The molecule has 0 aliphatic heterocycles. The molecule has 0 saturated heterocycles. The van der Waals surface area contributed by atoms with Gasteiger partial charge in [0.2, 0.25) is 15.9 Å². The third kappa shape index (κ3) is 3.19. The number of hydrogen-bond donors (Lipinski definition) is 2. The van der Waals surface area contributed by atoms with Gasteiger partial charge in [-0.25, -0.2) is 13.1 Å². The lowest BCUT2D eigenvalue weighted by molar-refractivity contribution is -0.116. The van der Waals surface area contributed by atoms with Crippen molar-refractivity contribution in [3.05, 3.63) is 28.8 Å². The maximum absolute atomic E-state index is 11.7. The van der Waals surface area contributed by atoms with Crippen LogP contribution in [0.15, 0.2) is 23.1 Å². The number of amides is 1. The van der Waals surface area contributed by atoms with Gasteiger partial charge in [-0.2, -0.15) is 0 Å². The van der Waals surface area contributed by atoms with Crippen molar-refractivity contribution in [2.24, 2.45) is 5.73 Å². The summed E-state index contributed by atoms with van der Waals surface area (Å²) in [6.45, 7) is 1.19. The van der Waals surface area contributed by atoms with Gasteiger partial charge >= 0.3 is 0 Å². The number of carbonyl (C=O) groups is 1. The highest BCUT2D eigenvalue weighted by atomic mass is 35.5. The quantitative estimate of drug-likeness (QED) is 0.824. The molecule has 1 amide bonds. The minimum atomic E-state index is -3.71. The first-order chi connectivity index (χ1) is 7.33. The number of rotatable bonds is 4. The maximum atomic E-state index is 11.7. The van der Waals surface area contributed by atoms with E-state index in [1.165, 1.54) is 18.2 Å². The molecule has 0 heterocycles. The molecule has 0 unspecified atom stereocenters. The van der Waals surface area contributed by atoms with E-state index in [-0.39, 0.29) is 4.90 Å². The van der Waals surface area contributed by atoms with E-state index in [9.17, 15) is 13.2 Å². The lowest BCUT2D eigenvalue weighted by atomic mass is 10.2. The number of nitrogens with one attached hydrogen (secondary N) is 1. The van der Waals surface area contributed by atoms with Crippen LogP contribution in [-0.4, -0.2) is 20.9 Å². The standard InChI is InChI=1S/C9H11ClN2O3S/c1-6-4-7(10)2-3-8(6)16(14,15)12-5-9(11)13/h2-4,12H,5H2,1H3,(H2,11,13). The minimum absolute atomic E-state index is 0.0816. The summed E-state index contributed by atoms with van der Waals surface area (Å²) < 4.78 is 25.5. The molecule has 0 radical (unpaired) electrons. The molecule has 0 aromatic heterocycles. The predicted octanol–water partition coefficient (Wildman–Crippen LogP) is 0.412. The van der Waals surface area contributed by atoms with E-state index < -0.39 is 22.5 Å². The summed E-state index contributed by atoms with van der Waals surface area (Å²) in [5.41, 5.74) is 5.36. The van der Waals surface area contributed by atoms with E-state index in [4.69, 9.17) is 17.3 Å². The highest BCUT2D eigenvalue weighted by molar-refractivity contribution is 7.89. The molecule has 0 bridgehead atoms. The van der Waals surface area contributed by atoms with Gasteiger partial charge in [-0.1, -0.05) is 11.6 Å². The lowest BCUT2D eigenvalue weighted by Crippen LogP contribution is -2.33. The van der Waals surface area contributed by atoms with Crippen molar-refractivity contribution in [3.8, 4) is 0 Å². The van der Waals surface area contributed by atoms with Crippen molar-refractivity contribution in [2.75, 3.05) is 6.54 Å². The number of sulfonamides is 1. The fourth-order valence-electron chi connectivity index (χ4n) is 1.16. The molecule has 1 rings (SSSR count). The van der Waals surface area contributed by atoms with E-state index in [0.717, 1.165) is 0 Å². The van der Waals surface area contributed by atoms with Crippen molar-refractivity contribution in [1.82, 2.24) is 4.72 Å². The summed E-state index contributed by atoms with van der Waals surface area (Å²) >= 11 is 5.71. The van der Waals surface area contributed by atoms with Crippen LogP contribution >= 0.6 is 11.6 Å². The molecule has 0 fully saturated rings. The topological polar surface area (TPSA) is 89.3 Å². The summed E-state index contributed by atoms with van der Waals surface area (Å²) in [6.07, 6.45) is 0. The van der Waals surface area contributed by atoms with Gasteiger partial charge in [0, 0.05) is 5.02 Å². The summed E-state index contributed by atoms with van der Waals surface area (Å²) in [7, 11) is -3.71. The van der Waals surface area contributed by atoms with Crippen LogP contribution in [0.3, 0.4) is 0 Å². The second kappa shape index (κ2) is 4.82. The van der Waals surface area contributed by atoms with Gasteiger partial charge in [-0.3, -0.25) is 4.79 Å². The van der Waals surface area contributed by atoms with E-state index in [1.807, 2.05) is 0 Å². The fourth-order valence-corrected chi connectivity index (χ4v) is 2.60. The summed E-state index contributed by atoms with van der Waals surface area (Å²) in [6, 6.07) is 4.37. The third-order valence-corrected chi connectivity index (χ3v) is 3.66. The minimum Gasteiger partial charge on any atom is -0.369 e. The first kappa shape index (κ1) is 13.0. The molecule has 0 saturated carbocycles. The van der Waals surface area contributed by atoms with Crippen molar-refractivity contribution in [3.63, 3.8) is 0 Å². The smallest absolute Gasteiger partial charge is 0.241 e. The van der Waals surface area contributed by atoms with Crippen molar-refractivity contribution < 1.29 is 13.2 Å². The molecule has 0 aliphatic rings. The SMILES string of the molecule is Cc1cc(Cl)ccc1S(=O)(=O)NCC(N)=O. The molecule has 16 heavy (non-hydrogen) atoms. The van der Waals surface area contributed by atoms with Gasteiger partial charge in [0.1, 0.15) is 0 Å². The molecule has 7 heteroatoms. The number of hydrogen-bond acceptors (Lipinski definition) is 3. The molecule has 0 atom stereocenters. The van der Waals surface area contributed by atoms with Crippen LogP contribution in [-0.2, 0) is 14.8 Å². The lowest BCUT2D eigenvalue weighted by Gasteiger charge is -2.08. The number of aryl methyl sites for hydroxylation is 1. The first-order valence-electron chi connectivity index (χ1n) is 4.37. The van der Waals surface area contributed by atoms with Gasteiger partial charge < -0.3 is 5.73 Å². The Balaban J connectivity index is 3.03. The summed E-state index contributed by atoms with van der Waals surface area (Å²) in [5.74, 6) is -0.741. The Morgan fingerprint density at radius 1 is 1.50 bits per heavy atom. The third-order valence-electron chi connectivity index (χ3n) is 1.86. The van der Waals surface area contributed by atoms with Crippen LogP contribution in [0.4, 0.5) is 0 Å². The Labute approximate surface area is 98.6 Å². The van der Waals surface area contributed by atoms with Crippen LogP contribution in [0.25, 0.3) is 0 Å². The van der Waals surface area contributed by atoms with Crippen LogP contribution in [0.2, 0.25) is 5.02 Å². The maximum Gasteiger partial charge on any atom is 0.241 e. The molecule has 1 aromatic carbocycles. The molecule has 3 N–H and O–H groups in total. The molecule has 88 valence electrons. The first-order valence-corrected chi connectivity index (χ1v) is 6.23. The van der Waals surface area contributed by atoms with Gasteiger partial charge in [-0.05, 0) is 30.7 Å². The molecule has 0 aliphatic carbocycles. The van der Waals surface area contributed by atoms with Crippen molar-refractivity contribution in [2.45, 2.75) is 11.8 Å². The second-order valence-corrected chi connectivity index (χ2v) is 5.37. The zero-order valence-corrected chi connectivity index (χ0v) is 10.1. The fraction of sp³-hybridized carbons (Fsp3) is 0.222. The molecule has 0 spiro atoms. The normalized spacial score (nSPS) is 11.4. The number of primary amides is 1. The average molecular weight is 263 g/mol. The number of halogens is 1. The highest BCUT2D eigenvalue weighted by Gasteiger charge is 2.16. The van der Waals surface area contributed by atoms with E-state index in [1.54, 1.807) is 6.92 Å². The van der Waals surface area contributed by atoms with Crippen molar-refractivity contribution >= 4 is 27.5 Å². The average Bonchev–Trinajstić information content (AvgIpc) is 2.14. The molecular weight excluding hydrogens is 252 g/mol. The Morgan fingerprint density at radius 2 is 2.12 bits per heavy atom. The monoisotopic (exact) mass is 262 g/mol. The van der Waals surface area contributed by atoms with Crippen LogP contribution < -0.4 is 10.5 Å². The Hall–Kier alpha value is -1.11. The number of nitrogens with two attached hydrogens (primary N) is 1. The van der Waals surface area contributed by atoms with E-state index >= 15 is 0 Å².